The van der Waals surface area contributed by atoms with E-state index in [-0.39, 0.29) is 27.3 Å². The molecule has 1 heterocycles. The zero-order chi connectivity index (χ0) is 22.4. The van der Waals surface area contributed by atoms with E-state index in [2.05, 4.69) is 6.92 Å². The molecule has 0 N–H and O–H groups in total. The van der Waals surface area contributed by atoms with E-state index >= 15 is 0 Å². The van der Waals surface area contributed by atoms with Crippen molar-refractivity contribution in [3.8, 4) is 5.75 Å². The molecule has 1 aromatic heterocycles. The largest absolute Gasteiger partial charge is 0.612 e. The summed E-state index contributed by atoms with van der Waals surface area (Å²) in [6, 6.07) is 7.84. The van der Waals surface area contributed by atoms with Crippen LogP contribution in [-0.2, 0) is 15.9 Å². The first-order valence-electron chi connectivity index (χ1n) is 10.6. The Morgan fingerprint density at radius 2 is 1.81 bits per heavy atom. The van der Waals surface area contributed by atoms with Gasteiger partial charge in [-0.25, -0.2) is 4.79 Å². The van der Waals surface area contributed by atoms with Crippen LogP contribution in [0.2, 0.25) is 0 Å². The summed E-state index contributed by atoms with van der Waals surface area (Å²) in [5.41, 5.74) is 0.545. The predicted octanol–water partition coefficient (Wildman–Crippen LogP) is 5.21. The van der Waals surface area contributed by atoms with Gasteiger partial charge in [0, 0.05) is 6.07 Å². The quantitative estimate of drug-likeness (QED) is 0.185. The lowest BCUT2D eigenvalue weighted by Crippen LogP contribution is -2.09. The monoisotopic (exact) mass is 444 g/mol. The Kier molecular flexibility index (Phi) is 7.98. The fourth-order valence-electron chi connectivity index (χ4n) is 3.52. The van der Waals surface area contributed by atoms with Gasteiger partial charge in [0.15, 0.2) is 10.5 Å². The number of hydrogen-bond acceptors (Lipinski definition) is 6. The summed E-state index contributed by atoms with van der Waals surface area (Å²) >= 11 is -1.38. The van der Waals surface area contributed by atoms with Crippen LogP contribution in [0.5, 0.6) is 5.75 Å². The second kappa shape index (κ2) is 10.7. The molecule has 0 saturated carbocycles. The lowest BCUT2D eigenvalue weighted by atomic mass is 10.1. The number of benzene rings is 2. The molecule has 0 radical (unpaired) electrons. The fraction of sp³-hybridized carbons (Fsp3) is 0.417. The van der Waals surface area contributed by atoms with E-state index in [1.165, 1.54) is 51.2 Å². The third-order valence-electron chi connectivity index (χ3n) is 5.21. The molecule has 31 heavy (non-hydrogen) atoms. The summed E-state index contributed by atoms with van der Waals surface area (Å²) in [7, 11) is 1.28. The van der Waals surface area contributed by atoms with Gasteiger partial charge >= 0.3 is 5.97 Å². The maximum absolute atomic E-state index is 13.2. The minimum absolute atomic E-state index is 0.260. The average molecular weight is 445 g/mol. The van der Waals surface area contributed by atoms with E-state index in [1.807, 2.05) is 0 Å². The Morgan fingerprint density at radius 1 is 1.06 bits per heavy atom. The molecule has 1 atom stereocenters. The lowest BCUT2D eigenvalue weighted by Gasteiger charge is -2.12. The van der Waals surface area contributed by atoms with Crippen LogP contribution < -0.4 is 10.2 Å². The van der Waals surface area contributed by atoms with Crippen LogP contribution in [-0.4, -0.2) is 30.5 Å². The number of rotatable bonds is 10. The zero-order valence-electron chi connectivity index (χ0n) is 18.2. The summed E-state index contributed by atoms with van der Waals surface area (Å²) in [6.07, 6.45) is 8.41. The van der Waals surface area contributed by atoms with E-state index < -0.39 is 17.1 Å². The van der Waals surface area contributed by atoms with E-state index in [9.17, 15) is 14.1 Å². The summed E-state index contributed by atoms with van der Waals surface area (Å²) < 4.78 is 28.9. The smallest absolute Gasteiger partial charge is 0.337 e. The molecular weight excluding hydrogens is 416 g/mol. The number of hydrogen-bond donors (Lipinski definition) is 0. The van der Waals surface area contributed by atoms with Gasteiger partial charge in [-0.05, 0) is 41.9 Å². The molecule has 0 fully saturated rings. The molecule has 0 aliphatic rings. The Balaban J connectivity index is 1.94. The number of unbranched alkanes of at least 4 members (excludes halogenated alkanes) is 5. The molecule has 166 valence electrons. The highest BCUT2D eigenvalue weighted by molar-refractivity contribution is 7.91. The van der Waals surface area contributed by atoms with Crippen LogP contribution in [0.4, 0.5) is 0 Å². The number of carbonyl (C=O) groups is 1. The van der Waals surface area contributed by atoms with Crippen LogP contribution in [0.25, 0.3) is 21.9 Å². The zero-order valence-corrected chi connectivity index (χ0v) is 19.0. The summed E-state index contributed by atoms with van der Waals surface area (Å²) in [4.78, 5) is 25.4. The molecule has 0 aliphatic carbocycles. The Morgan fingerprint density at radius 3 is 2.52 bits per heavy atom. The van der Waals surface area contributed by atoms with Crippen molar-refractivity contribution in [1.82, 2.24) is 0 Å². The molecule has 1 unspecified atom stereocenters. The van der Waals surface area contributed by atoms with Crippen LogP contribution in [0.15, 0.2) is 44.4 Å². The van der Waals surface area contributed by atoms with Crippen molar-refractivity contribution in [2.45, 2.75) is 50.3 Å². The molecule has 3 aromatic rings. The normalized spacial score (nSPS) is 12.3. The average Bonchev–Trinajstić information content (AvgIpc) is 2.77. The molecule has 3 rings (SSSR count). The number of ether oxygens (including phenoxy) is 2. The van der Waals surface area contributed by atoms with Gasteiger partial charge in [-0.1, -0.05) is 39.0 Å². The van der Waals surface area contributed by atoms with Crippen molar-refractivity contribution in [2.24, 2.45) is 0 Å². The molecule has 0 saturated heterocycles. The first kappa shape index (κ1) is 23.2. The Hall–Kier alpha value is -2.51. The Bertz CT molecular complexity index is 1120. The second-order valence-electron chi connectivity index (χ2n) is 7.50. The van der Waals surface area contributed by atoms with Gasteiger partial charge in [-0.15, -0.1) is 0 Å². The van der Waals surface area contributed by atoms with Crippen LogP contribution in [0.3, 0.4) is 0 Å². The van der Waals surface area contributed by atoms with Gasteiger partial charge in [-0.3, -0.25) is 4.79 Å². The highest BCUT2D eigenvalue weighted by atomic mass is 32.2. The van der Waals surface area contributed by atoms with Gasteiger partial charge < -0.3 is 18.4 Å². The number of fused-ring (bicyclic) bond motifs is 2. The molecular formula is C24H28O6S. The van der Waals surface area contributed by atoms with Crippen molar-refractivity contribution in [3.05, 3.63) is 46.1 Å². The van der Waals surface area contributed by atoms with E-state index in [0.717, 1.165) is 12.8 Å². The van der Waals surface area contributed by atoms with Crippen LogP contribution in [0, 0.1) is 0 Å². The second-order valence-corrected chi connectivity index (χ2v) is 8.85. The number of esters is 1. The highest BCUT2D eigenvalue weighted by Gasteiger charge is 2.20. The highest BCUT2D eigenvalue weighted by Crippen LogP contribution is 2.30. The first-order valence-corrected chi connectivity index (χ1v) is 12.1. The van der Waals surface area contributed by atoms with Gasteiger partial charge in [0.2, 0.25) is 5.43 Å². The molecule has 6 nitrogen and oxygen atoms in total. The van der Waals surface area contributed by atoms with Crippen molar-refractivity contribution in [3.63, 3.8) is 0 Å². The van der Waals surface area contributed by atoms with Gasteiger partial charge in [0.1, 0.15) is 17.6 Å². The van der Waals surface area contributed by atoms with Crippen LogP contribution >= 0.6 is 0 Å². The lowest BCUT2D eigenvalue weighted by molar-refractivity contribution is 0.0601. The molecule has 2 aromatic carbocycles. The van der Waals surface area contributed by atoms with Crippen molar-refractivity contribution >= 4 is 39.1 Å². The van der Waals surface area contributed by atoms with Crippen molar-refractivity contribution < 1.29 is 23.2 Å². The minimum atomic E-state index is -1.38. The molecule has 0 spiro atoms. The van der Waals surface area contributed by atoms with Crippen molar-refractivity contribution in [2.75, 3.05) is 20.0 Å². The van der Waals surface area contributed by atoms with E-state index in [0.29, 0.717) is 22.8 Å². The standard InChI is InChI=1S/C24H28O6S/c1-4-5-6-7-8-9-12-29-17-14-19-22(25)18-13-16(24(26)28-2)10-11-20(18)30-23(19)21(15-17)31(3)27/h10-11,13-15H,4-9,12H2,1-3H3. The van der Waals surface area contributed by atoms with Gasteiger partial charge in [0.25, 0.3) is 0 Å². The topological polar surface area (TPSA) is 88.8 Å². The summed E-state index contributed by atoms with van der Waals surface area (Å²) in [5, 5.41) is 0.538. The van der Waals surface area contributed by atoms with Gasteiger partial charge in [0.05, 0.1) is 30.1 Å². The Labute approximate surface area is 184 Å². The molecule has 7 heteroatoms. The van der Waals surface area contributed by atoms with Gasteiger partial charge in [-0.2, -0.15) is 0 Å². The third-order valence-corrected chi connectivity index (χ3v) is 6.13. The molecule has 0 amide bonds. The minimum Gasteiger partial charge on any atom is -0.612 e. The van der Waals surface area contributed by atoms with Crippen LogP contribution in [0.1, 0.15) is 55.8 Å². The van der Waals surface area contributed by atoms with Crippen molar-refractivity contribution in [1.29, 1.82) is 0 Å². The fourth-order valence-corrected chi connectivity index (χ4v) is 4.21. The maximum atomic E-state index is 13.2. The third kappa shape index (κ3) is 5.40. The summed E-state index contributed by atoms with van der Waals surface area (Å²) in [5.74, 6) is -0.0465. The number of methoxy groups -OCH3 is 1. The predicted molar refractivity (Wildman–Crippen MR) is 123 cm³/mol. The molecule has 0 aliphatic heterocycles. The number of carbonyl (C=O) groups excluding carboxylic acids is 1. The van der Waals surface area contributed by atoms with E-state index in [1.54, 1.807) is 18.2 Å². The maximum Gasteiger partial charge on any atom is 0.337 e. The summed E-state index contributed by atoms with van der Waals surface area (Å²) in [6.45, 7) is 2.72. The van der Waals surface area contributed by atoms with E-state index in [4.69, 9.17) is 13.9 Å². The SMILES string of the molecule is CCCCCCCCOc1cc([S+](C)[O-])c2oc3ccc(C(=O)OC)cc3c(=O)c2c1. The first-order chi connectivity index (χ1) is 15.0. The molecule has 0 bridgehead atoms.